The summed E-state index contributed by atoms with van der Waals surface area (Å²) in [6.07, 6.45) is 1.36. The quantitative estimate of drug-likeness (QED) is 0.750. The second-order valence-electron chi connectivity index (χ2n) is 5.57. The zero-order valence-electron chi connectivity index (χ0n) is 13.2. The lowest BCUT2D eigenvalue weighted by molar-refractivity contribution is -0.146. The summed E-state index contributed by atoms with van der Waals surface area (Å²) in [5.41, 5.74) is -0.718. The van der Waals surface area contributed by atoms with Crippen molar-refractivity contribution in [3.8, 4) is 17.2 Å². The van der Waals surface area contributed by atoms with Gasteiger partial charge in [0.15, 0.2) is 11.5 Å². The van der Waals surface area contributed by atoms with Crippen molar-refractivity contribution in [2.45, 2.75) is 18.4 Å². The molecule has 0 aliphatic carbocycles. The Kier molecular flexibility index (Phi) is 4.88. The van der Waals surface area contributed by atoms with Gasteiger partial charge in [-0.1, -0.05) is 0 Å². The summed E-state index contributed by atoms with van der Waals surface area (Å²) in [6.45, 7) is 2.61. The Hall–Kier alpha value is -1.99. The van der Waals surface area contributed by atoms with Crippen LogP contribution < -0.4 is 24.8 Å². The summed E-state index contributed by atoms with van der Waals surface area (Å²) in [7, 11) is 1.59. The zero-order chi connectivity index (χ0) is 16.1. The van der Waals surface area contributed by atoms with Gasteiger partial charge in [-0.05, 0) is 38.1 Å². The van der Waals surface area contributed by atoms with E-state index in [-0.39, 0.29) is 12.7 Å². The highest BCUT2D eigenvalue weighted by atomic mass is 16.7. The molecule has 1 saturated heterocycles. The molecule has 7 heteroatoms. The molecule has 0 spiro atoms. The predicted molar refractivity (Wildman–Crippen MR) is 82.9 cm³/mol. The first-order chi connectivity index (χ1) is 11.2. The van der Waals surface area contributed by atoms with Crippen LogP contribution in [0.25, 0.3) is 0 Å². The number of nitrogens with one attached hydrogen (secondary N) is 2. The van der Waals surface area contributed by atoms with Gasteiger partial charge in [0.25, 0.3) is 5.91 Å². The molecular weight excluding hydrogens is 300 g/mol. The predicted octanol–water partition coefficient (Wildman–Crippen LogP) is 0.679. The van der Waals surface area contributed by atoms with Crippen LogP contribution >= 0.6 is 0 Å². The molecule has 1 aromatic rings. The molecule has 2 heterocycles. The molecule has 0 saturated carbocycles. The van der Waals surface area contributed by atoms with Crippen LogP contribution in [0.1, 0.15) is 12.8 Å². The lowest BCUT2D eigenvalue weighted by Gasteiger charge is -2.34. The summed E-state index contributed by atoms with van der Waals surface area (Å²) in [5, 5.41) is 6.13. The maximum Gasteiger partial charge on any atom is 0.252 e. The average molecular weight is 322 g/mol. The molecule has 2 aliphatic rings. The Bertz CT molecular complexity index is 557. The van der Waals surface area contributed by atoms with E-state index in [4.69, 9.17) is 18.9 Å². The van der Waals surface area contributed by atoms with Crippen LogP contribution in [0.3, 0.4) is 0 Å². The largest absolute Gasteiger partial charge is 0.492 e. The summed E-state index contributed by atoms with van der Waals surface area (Å²) in [5.74, 6) is 2.01. The first kappa shape index (κ1) is 15.9. The number of hydrogen-bond donors (Lipinski definition) is 2. The topological polar surface area (TPSA) is 78.1 Å². The van der Waals surface area contributed by atoms with E-state index in [2.05, 4.69) is 10.6 Å². The van der Waals surface area contributed by atoms with Gasteiger partial charge >= 0.3 is 0 Å². The van der Waals surface area contributed by atoms with Gasteiger partial charge in [0.05, 0.1) is 6.54 Å². The Balaban J connectivity index is 1.45. The fraction of sp³-hybridized carbons (Fsp3) is 0.562. The Morgan fingerprint density at radius 1 is 1.30 bits per heavy atom. The summed E-state index contributed by atoms with van der Waals surface area (Å²) < 4.78 is 21.7. The molecule has 23 heavy (non-hydrogen) atoms. The number of amides is 1. The number of methoxy groups -OCH3 is 1. The monoisotopic (exact) mass is 322 g/mol. The minimum absolute atomic E-state index is 0.0733. The minimum Gasteiger partial charge on any atom is -0.492 e. The first-order valence-corrected chi connectivity index (χ1v) is 7.80. The summed E-state index contributed by atoms with van der Waals surface area (Å²) >= 11 is 0. The lowest BCUT2D eigenvalue weighted by Crippen LogP contribution is -2.54. The fourth-order valence-corrected chi connectivity index (χ4v) is 2.82. The number of piperidine rings is 1. The highest BCUT2D eigenvalue weighted by molar-refractivity contribution is 5.85. The normalized spacial score (nSPS) is 18.5. The molecule has 0 atom stereocenters. The van der Waals surface area contributed by atoms with Crippen molar-refractivity contribution < 1.29 is 23.7 Å². The molecule has 1 fully saturated rings. The highest BCUT2D eigenvalue weighted by Gasteiger charge is 2.39. The number of carbonyl (C=O) groups excluding carboxylic acids is 1. The van der Waals surface area contributed by atoms with Crippen molar-refractivity contribution in [3.63, 3.8) is 0 Å². The van der Waals surface area contributed by atoms with E-state index in [0.29, 0.717) is 37.5 Å². The lowest BCUT2D eigenvalue weighted by atomic mass is 9.91. The number of rotatable bonds is 6. The standard InChI is InChI=1S/C16H22N2O5/c1-20-16(4-6-17-7-5-16)15(19)18-8-9-21-12-2-3-13-14(10-12)23-11-22-13/h2-3,10,17H,4-9,11H2,1H3,(H,18,19). The summed E-state index contributed by atoms with van der Waals surface area (Å²) in [4.78, 5) is 12.4. The highest BCUT2D eigenvalue weighted by Crippen LogP contribution is 2.35. The van der Waals surface area contributed by atoms with Gasteiger partial charge in [-0.15, -0.1) is 0 Å². The average Bonchev–Trinajstić information content (AvgIpc) is 3.06. The molecule has 1 amide bonds. The van der Waals surface area contributed by atoms with Gasteiger partial charge in [-0.25, -0.2) is 0 Å². The van der Waals surface area contributed by atoms with Crippen molar-refractivity contribution >= 4 is 5.91 Å². The number of benzene rings is 1. The van der Waals surface area contributed by atoms with Crippen molar-refractivity contribution in [2.24, 2.45) is 0 Å². The maximum atomic E-state index is 12.4. The van der Waals surface area contributed by atoms with E-state index in [9.17, 15) is 4.79 Å². The van der Waals surface area contributed by atoms with E-state index < -0.39 is 5.60 Å². The molecule has 0 aromatic heterocycles. The molecule has 2 aliphatic heterocycles. The van der Waals surface area contributed by atoms with Crippen molar-refractivity contribution in [1.29, 1.82) is 0 Å². The van der Waals surface area contributed by atoms with E-state index in [0.717, 1.165) is 18.8 Å². The first-order valence-electron chi connectivity index (χ1n) is 7.80. The van der Waals surface area contributed by atoms with Gasteiger partial charge in [-0.2, -0.15) is 0 Å². The zero-order valence-corrected chi connectivity index (χ0v) is 13.2. The van der Waals surface area contributed by atoms with E-state index in [1.165, 1.54) is 0 Å². The van der Waals surface area contributed by atoms with Crippen LogP contribution in [0.4, 0.5) is 0 Å². The molecule has 3 rings (SSSR count). The van der Waals surface area contributed by atoms with Crippen LogP contribution in [0, 0.1) is 0 Å². The Morgan fingerprint density at radius 3 is 2.87 bits per heavy atom. The summed E-state index contributed by atoms with van der Waals surface area (Å²) in [6, 6.07) is 5.41. The van der Waals surface area contributed by atoms with Crippen LogP contribution in [0.5, 0.6) is 17.2 Å². The molecule has 0 unspecified atom stereocenters. The third-order valence-corrected chi connectivity index (χ3v) is 4.22. The van der Waals surface area contributed by atoms with E-state index >= 15 is 0 Å². The van der Waals surface area contributed by atoms with E-state index in [1.807, 2.05) is 12.1 Å². The smallest absolute Gasteiger partial charge is 0.252 e. The Morgan fingerprint density at radius 2 is 2.09 bits per heavy atom. The van der Waals surface area contributed by atoms with Gasteiger partial charge in [-0.3, -0.25) is 4.79 Å². The van der Waals surface area contributed by atoms with Crippen molar-refractivity contribution in [3.05, 3.63) is 18.2 Å². The van der Waals surface area contributed by atoms with Crippen LogP contribution in [-0.4, -0.2) is 51.7 Å². The van der Waals surface area contributed by atoms with Gasteiger partial charge in [0.1, 0.15) is 18.0 Å². The molecule has 1 aromatic carbocycles. The number of hydrogen-bond acceptors (Lipinski definition) is 6. The van der Waals surface area contributed by atoms with Gasteiger partial charge in [0.2, 0.25) is 6.79 Å². The molecule has 0 bridgehead atoms. The molecular formula is C16H22N2O5. The molecule has 7 nitrogen and oxygen atoms in total. The second-order valence-corrected chi connectivity index (χ2v) is 5.57. The number of carbonyl (C=O) groups is 1. The van der Waals surface area contributed by atoms with Crippen LogP contribution in [-0.2, 0) is 9.53 Å². The molecule has 0 radical (unpaired) electrons. The van der Waals surface area contributed by atoms with Crippen molar-refractivity contribution in [1.82, 2.24) is 10.6 Å². The number of fused-ring (bicyclic) bond motifs is 1. The SMILES string of the molecule is COC1(C(=O)NCCOc2ccc3c(c2)OCO3)CCNCC1. The third-order valence-electron chi connectivity index (χ3n) is 4.22. The minimum atomic E-state index is -0.718. The fourth-order valence-electron chi connectivity index (χ4n) is 2.82. The van der Waals surface area contributed by atoms with Crippen molar-refractivity contribution in [2.75, 3.05) is 40.1 Å². The van der Waals surface area contributed by atoms with Crippen LogP contribution in [0.15, 0.2) is 18.2 Å². The maximum absolute atomic E-state index is 12.4. The Labute approximate surface area is 135 Å². The molecule has 2 N–H and O–H groups in total. The van der Waals surface area contributed by atoms with E-state index in [1.54, 1.807) is 13.2 Å². The van der Waals surface area contributed by atoms with Crippen LogP contribution in [0.2, 0.25) is 0 Å². The van der Waals surface area contributed by atoms with Gasteiger partial charge in [0, 0.05) is 13.2 Å². The third kappa shape index (κ3) is 3.51. The molecule has 126 valence electrons. The number of ether oxygens (including phenoxy) is 4. The second kappa shape index (κ2) is 7.06. The van der Waals surface area contributed by atoms with Gasteiger partial charge < -0.3 is 29.6 Å².